The summed E-state index contributed by atoms with van der Waals surface area (Å²) in [6, 6.07) is 18.9. The van der Waals surface area contributed by atoms with Crippen molar-refractivity contribution in [3.63, 3.8) is 0 Å². The number of imide groups is 1. The summed E-state index contributed by atoms with van der Waals surface area (Å²) in [5, 5.41) is 5.88. The Morgan fingerprint density at radius 2 is 1.47 bits per heavy atom. The molecule has 6 nitrogen and oxygen atoms in total. The second-order valence-electron chi connectivity index (χ2n) is 8.28. The first-order valence-corrected chi connectivity index (χ1v) is 10.6. The lowest BCUT2D eigenvalue weighted by Crippen LogP contribution is -2.51. The maximum absolute atomic E-state index is 13.5. The Hall–Kier alpha value is -3.15. The summed E-state index contributed by atoms with van der Waals surface area (Å²) in [4.78, 5) is 39.8. The first kappa shape index (κ1) is 20.1. The van der Waals surface area contributed by atoms with Crippen molar-refractivity contribution in [3.05, 3.63) is 71.8 Å². The molecule has 1 aliphatic carbocycles. The van der Waals surface area contributed by atoms with Gasteiger partial charge in [0.15, 0.2) is 0 Å². The Morgan fingerprint density at radius 1 is 0.933 bits per heavy atom. The van der Waals surface area contributed by atoms with Gasteiger partial charge in [0, 0.05) is 18.9 Å². The molecule has 2 fully saturated rings. The molecule has 1 saturated heterocycles. The highest BCUT2D eigenvalue weighted by Gasteiger charge is 2.51. The molecule has 0 spiro atoms. The number of hydrogen-bond donors (Lipinski definition) is 2. The van der Waals surface area contributed by atoms with Crippen molar-refractivity contribution in [2.75, 3.05) is 6.54 Å². The SMILES string of the molecule is O=C(CN1C(=O)NC(Cc2ccccc2)(Cc2ccccc2)C1=O)NC1CCCC1. The fourth-order valence-corrected chi connectivity index (χ4v) is 4.50. The van der Waals surface area contributed by atoms with Crippen molar-refractivity contribution in [2.24, 2.45) is 0 Å². The Balaban J connectivity index is 1.55. The molecule has 2 aliphatic rings. The monoisotopic (exact) mass is 405 g/mol. The summed E-state index contributed by atoms with van der Waals surface area (Å²) in [5.74, 6) is -0.623. The minimum Gasteiger partial charge on any atom is -0.352 e. The van der Waals surface area contributed by atoms with Gasteiger partial charge in [-0.2, -0.15) is 0 Å². The van der Waals surface area contributed by atoms with Crippen molar-refractivity contribution in [1.29, 1.82) is 0 Å². The van der Waals surface area contributed by atoms with Crippen molar-refractivity contribution >= 4 is 17.8 Å². The number of carbonyl (C=O) groups is 3. The molecule has 4 rings (SSSR count). The van der Waals surface area contributed by atoms with Crippen molar-refractivity contribution in [2.45, 2.75) is 50.1 Å². The number of carbonyl (C=O) groups excluding carboxylic acids is 3. The normalized spacial score (nSPS) is 18.5. The van der Waals surface area contributed by atoms with Crippen LogP contribution in [0.25, 0.3) is 0 Å². The van der Waals surface area contributed by atoms with Gasteiger partial charge in [-0.1, -0.05) is 73.5 Å². The number of nitrogens with zero attached hydrogens (tertiary/aromatic N) is 1. The number of hydrogen-bond acceptors (Lipinski definition) is 3. The predicted octanol–water partition coefficient (Wildman–Crippen LogP) is 2.82. The number of urea groups is 1. The molecule has 6 heteroatoms. The van der Waals surface area contributed by atoms with E-state index in [2.05, 4.69) is 10.6 Å². The second kappa shape index (κ2) is 8.69. The first-order chi connectivity index (χ1) is 14.6. The molecule has 0 radical (unpaired) electrons. The highest BCUT2D eigenvalue weighted by Crippen LogP contribution is 2.27. The fourth-order valence-electron chi connectivity index (χ4n) is 4.50. The number of amides is 4. The number of benzene rings is 2. The maximum Gasteiger partial charge on any atom is 0.325 e. The van der Waals surface area contributed by atoms with Gasteiger partial charge >= 0.3 is 6.03 Å². The molecule has 4 amide bonds. The van der Waals surface area contributed by atoms with E-state index in [-0.39, 0.29) is 24.4 Å². The molecular weight excluding hydrogens is 378 g/mol. The van der Waals surface area contributed by atoms with Crippen LogP contribution in [0.4, 0.5) is 4.79 Å². The molecule has 30 heavy (non-hydrogen) atoms. The van der Waals surface area contributed by atoms with E-state index < -0.39 is 11.6 Å². The zero-order chi connectivity index (χ0) is 21.0. The molecule has 2 aromatic rings. The smallest absolute Gasteiger partial charge is 0.325 e. The molecule has 1 heterocycles. The summed E-state index contributed by atoms with van der Waals surface area (Å²) in [7, 11) is 0. The molecule has 1 saturated carbocycles. The van der Waals surface area contributed by atoms with E-state index in [0.717, 1.165) is 41.7 Å². The van der Waals surface area contributed by atoms with E-state index in [1.54, 1.807) is 0 Å². The predicted molar refractivity (Wildman–Crippen MR) is 114 cm³/mol. The third-order valence-electron chi connectivity index (χ3n) is 5.97. The standard InChI is InChI=1S/C24H27N3O3/c28-21(25-20-13-7-8-14-20)17-27-22(29)24(26-23(27)30,15-18-9-3-1-4-10-18)16-19-11-5-2-6-12-19/h1-6,9-12,20H,7-8,13-17H2,(H,25,28)(H,26,30). The van der Waals surface area contributed by atoms with Crippen LogP contribution in [0.15, 0.2) is 60.7 Å². The van der Waals surface area contributed by atoms with Gasteiger partial charge in [-0.05, 0) is 24.0 Å². The maximum atomic E-state index is 13.5. The zero-order valence-electron chi connectivity index (χ0n) is 17.0. The molecular formula is C24H27N3O3. The Labute approximate surface area is 176 Å². The Bertz CT molecular complexity index is 866. The summed E-state index contributed by atoms with van der Waals surface area (Å²) in [5.41, 5.74) is 0.812. The molecule has 0 aromatic heterocycles. The van der Waals surface area contributed by atoms with Crippen LogP contribution in [0.3, 0.4) is 0 Å². The highest BCUT2D eigenvalue weighted by molar-refractivity contribution is 6.09. The topological polar surface area (TPSA) is 78.5 Å². The van der Waals surface area contributed by atoms with Crippen molar-refractivity contribution in [3.8, 4) is 0 Å². The molecule has 2 N–H and O–H groups in total. The lowest BCUT2D eigenvalue weighted by atomic mass is 9.84. The molecule has 0 atom stereocenters. The van der Waals surface area contributed by atoms with Crippen LogP contribution in [0.1, 0.15) is 36.8 Å². The van der Waals surface area contributed by atoms with Gasteiger partial charge in [0.05, 0.1) is 0 Å². The summed E-state index contributed by atoms with van der Waals surface area (Å²) in [6.45, 7) is -0.244. The molecule has 1 aliphatic heterocycles. The lowest BCUT2D eigenvalue weighted by Gasteiger charge is -2.27. The van der Waals surface area contributed by atoms with Crippen LogP contribution in [0, 0.1) is 0 Å². The molecule has 0 unspecified atom stereocenters. The number of rotatable bonds is 7. The highest BCUT2D eigenvalue weighted by atomic mass is 16.2. The van der Waals surface area contributed by atoms with Crippen LogP contribution in [0.2, 0.25) is 0 Å². The minimum absolute atomic E-state index is 0.150. The van der Waals surface area contributed by atoms with E-state index in [1.807, 2.05) is 60.7 Å². The summed E-state index contributed by atoms with van der Waals surface area (Å²) < 4.78 is 0. The van der Waals surface area contributed by atoms with Gasteiger partial charge in [-0.3, -0.25) is 14.5 Å². The van der Waals surface area contributed by atoms with Crippen LogP contribution in [-0.2, 0) is 22.4 Å². The van der Waals surface area contributed by atoms with E-state index in [4.69, 9.17) is 0 Å². The van der Waals surface area contributed by atoms with Gasteiger partial charge in [-0.25, -0.2) is 4.79 Å². The first-order valence-electron chi connectivity index (χ1n) is 10.6. The van der Waals surface area contributed by atoms with Crippen LogP contribution >= 0.6 is 0 Å². The van der Waals surface area contributed by atoms with Crippen LogP contribution < -0.4 is 10.6 Å². The molecule has 0 bridgehead atoms. The molecule has 156 valence electrons. The van der Waals surface area contributed by atoms with Crippen molar-refractivity contribution < 1.29 is 14.4 Å². The van der Waals surface area contributed by atoms with Gasteiger partial charge in [0.2, 0.25) is 5.91 Å². The summed E-state index contributed by atoms with van der Waals surface area (Å²) in [6.07, 6.45) is 4.86. The second-order valence-corrected chi connectivity index (χ2v) is 8.28. The van der Waals surface area contributed by atoms with Crippen molar-refractivity contribution in [1.82, 2.24) is 15.5 Å². The zero-order valence-corrected chi connectivity index (χ0v) is 17.0. The average molecular weight is 405 g/mol. The third kappa shape index (κ3) is 4.37. The average Bonchev–Trinajstić information content (AvgIpc) is 3.32. The van der Waals surface area contributed by atoms with Gasteiger partial charge < -0.3 is 10.6 Å². The quantitative estimate of drug-likeness (QED) is 0.696. The summed E-state index contributed by atoms with van der Waals surface area (Å²) >= 11 is 0. The minimum atomic E-state index is -1.10. The van der Waals surface area contributed by atoms with E-state index in [1.165, 1.54) is 0 Å². The van der Waals surface area contributed by atoms with Gasteiger partial charge in [-0.15, -0.1) is 0 Å². The van der Waals surface area contributed by atoms with Crippen LogP contribution in [-0.4, -0.2) is 40.9 Å². The van der Waals surface area contributed by atoms with Gasteiger partial charge in [0.1, 0.15) is 12.1 Å². The lowest BCUT2D eigenvalue weighted by molar-refractivity contribution is -0.135. The number of nitrogens with one attached hydrogen (secondary N) is 2. The third-order valence-corrected chi connectivity index (χ3v) is 5.97. The van der Waals surface area contributed by atoms with Crippen LogP contribution in [0.5, 0.6) is 0 Å². The van der Waals surface area contributed by atoms with E-state index in [0.29, 0.717) is 12.8 Å². The largest absolute Gasteiger partial charge is 0.352 e. The molecule has 2 aromatic carbocycles. The van der Waals surface area contributed by atoms with Gasteiger partial charge in [0.25, 0.3) is 5.91 Å². The Kier molecular flexibility index (Phi) is 5.84. The fraction of sp³-hybridized carbons (Fsp3) is 0.375. The van der Waals surface area contributed by atoms with E-state index >= 15 is 0 Å². The van der Waals surface area contributed by atoms with E-state index in [9.17, 15) is 14.4 Å². The Morgan fingerprint density at radius 3 is 2.00 bits per heavy atom.